The molecule has 0 unspecified atom stereocenters. The van der Waals surface area contributed by atoms with Crippen molar-refractivity contribution in [1.29, 1.82) is 0 Å². The minimum absolute atomic E-state index is 0.0449. The fraction of sp³-hybridized carbons (Fsp3) is 0.667. The van der Waals surface area contributed by atoms with E-state index in [1.54, 1.807) is 0 Å². The van der Waals surface area contributed by atoms with Gasteiger partial charge in [-0.3, -0.25) is 4.79 Å². The first-order chi connectivity index (χ1) is 9.47. The highest BCUT2D eigenvalue weighted by Gasteiger charge is 2.16. The van der Waals surface area contributed by atoms with Gasteiger partial charge in [0.25, 0.3) is 0 Å². The molecule has 0 spiro atoms. The number of aromatic nitrogens is 2. The zero-order valence-corrected chi connectivity index (χ0v) is 11.6. The molecule has 0 aromatic carbocycles. The second kappa shape index (κ2) is 8.13. The van der Waals surface area contributed by atoms with Crippen molar-refractivity contribution >= 4 is 12.0 Å². The highest BCUT2D eigenvalue weighted by Crippen LogP contribution is 2.14. The van der Waals surface area contributed by atoms with E-state index in [2.05, 4.69) is 25.3 Å². The summed E-state index contributed by atoms with van der Waals surface area (Å²) in [7, 11) is 0. The summed E-state index contributed by atoms with van der Waals surface area (Å²) >= 11 is 0. The Balaban J connectivity index is 2.30. The van der Waals surface area contributed by atoms with Gasteiger partial charge in [-0.25, -0.2) is 4.79 Å². The topological polar surface area (TPSA) is 117 Å². The molecule has 0 bridgehead atoms. The van der Waals surface area contributed by atoms with Crippen LogP contribution >= 0.6 is 0 Å². The zero-order chi connectivity index (χ0) is 15.0. The Kier molecular flexibility index (Phi) is 6.48. The Morgan fingerprint density at radius 1 is 1.40 bits per heavy atom. The van der Waals surface area contributed by atoms with Gasteiger partial charge in [-0.15, -0.1) is 0 Å². The third kappa shape index (κ3) is 6.72. The summed E-state index contributed by atoms with van der Waals surface area (Å²) in [5.41, 5.74) is 0. The van der Waals surface area contributed by atoms with Gasteiger partial charge in [-0.2, -0.15) is 4.98 Å². The molecule has 0 aliphatic heterocycles. The van der Waals surface area contributed by atoms with E-state index in [1.807, 2.05) is 13.8 Å². The maximum Gasteiger partial charge on any atom is 0.315 e. The third-order valence-corrected chi connectivity index (χ3v) is 2.63. The smallest absolute Gasteiger partial charge is 0.315 e. The minimum atomic E-state index is -0.857. The molecule has 1 aromatic heterocycles. The molecule has 112 valence electrons. The molecule has 1 atom stereocenters. The van der Waals surface area contributed by atoms with Gasteiger partial charge in [-0.1, -0.05) is 19.0 Å². The van der Waals surface area contributed by atoms with Crippen LogP contribution in [0.25, 0.3) is 0 Å². The zero-order valence-electron chi connectivity index (χ0n) is 11.6. The van der Waals surface area contributed by atoms with Gasteiger partial charge in [0.15, 0.2) is 5.82 Å². The number of urea groups is 1. The number of rotatable bonds is 8. The molecule has 8 nitrogen and oxygen atoms in total. The maximum absolute atomic E-state index is 11.6. The van der Waals surface area contributed by atoms with E-state index in [9.17, 15) is 9.59 Å². The highest BCUT2D eigenvalue weighted by molar-refractivity contribution is 5.73. The number of nitrogens with one attached hydrogen (secondary N) is 2. The fourth-order valence-electron chi connectivity index (χ4n) is 1.88. The Hall–Kier alpha value is -2.12. The summed E-state index contributed by atoms with van der Waals surface area (Å²) < 4.78 is 4.53. The van der Waals surface area contributed by atoms with E-state index in [1.165, 1.54) is 6.39 Å². The average Bonchev–Trinajstić information content (AvgIpc) is 2.85. The second-order valence-corrected chi connectivity index (χ2v) is 5.00. The van der Waals surface area contributed by atoms with Crippen LogP contribution in [0, 0.1) is 11.8 Å². The van der Waals surface area contributed by atoms with Crippen molar-refractivity contribution in [1.82, 2.24) is 20.8 Å². The Bertz CT molecular complexity index is 419. The van der Waals surface area contributed by atoms with Crippen LogP contribution in [0.15, 0.2) is 10.9 Å². The van der Waals surface area contributed by atoms with Crippen LogP contribution in [-0.2, 0) is 11.3 Å². The molecule has 0 fully saturated rings. The molecule has 0 aliphatic carbocycles. The lowest BCUT2D eigenvalue weighted by Crippen LogP contribution is -2.38. The SMILES string of the molecule is CC(C)C[C@H](CNC(=O)NCc1ncon1)CC(=O)O. The molecule has 1 heterocycles. The van der Waals surface area contributed by atoms with E-state index in [0.717, 1.165) is 6.42 Å². The first kappa shape index (κ1) is 15.9. The van der Waals surface area contributed by atoms with Crippen LogP contribution in [-0.4, -0.2) is 33.8 Å². The van der Waals surface area contributed by atoms with Gasteiger partial charge in [-0.05, 0) is 18.3 Å². The number of carbonyl (C=O) groups excluding carboxylic acids is 1. The van der Waals surface area contributed by atoms with Crippen molar-refractivity contribution in [2.75, 3.05) is 6.54 Å². The van der Waals surface area contributed by atoms with Gasteiger partial charge in [0, 0.05) is 13.0 Å². The third-order valence-electron chi connectivity index (χ3n) is 2.63. The normalized spacial score (nSPS) is 12.2. The van der Waals surface area contributed by atoms with Crippen molar-refractivity contribution in [2.45, 2.75) is 33.2 Å². The lowest BCUT2D eigenvalue weighted by Gasteiger charge is -2.17. The molecule has 0 saturated carbocycles. The quantitative estimate of drug-likeness (QED) is 0.655. The van der Waals surface area contributed by atoms with Gasteiger partial charge in [0.2, 0.25) is 6.39 Å². The lowest BCUT2D eigenvalue weighted by atomic mass is 9.94. The molecular formula is C12H20N4O4. The molecule has 2 amide bonds. The molecule has 3 N–H and O–H groups in total. The molecule has 1 rings (SSSR count). The number of carbonyl (C=O) groups is 2. The maximum atomic E-state index is 11.6. The number of nitrogens with zero attached hydrogens (tertiary/aromatic N) is 2. The largest absolute Gasteiger partial charge is 0.481 e. The molecule has 20 heavy (non-hydrogen) atoms. The van der Waals surface area contributed by atoms with Crippen LogP contribution in [0.5, 0.6) is 0 Å². The number of hydrogen-bond donors (Lipinski definition) is 3. The van der Waals surface area contributed by atoms with E-state index < -0.39 is 5.97 Å². The molecule has 1 aromatic rings. The summed E-state index contributed by atoms with van der Waals surface area (Å²) in [6, 6.07) is -0.381. The fourth-order valence-corrected chi connectivity index (χ4v) is 1.88. The molecular weight excluding hydrogens is 264 g/mol. The van der Waals surface area contributed by atoms with Crippen LogP contribution in [0.3, 0.4) is 0 Å². The van der Waals surface area contributed by atoms with Crippen molar-refractivity contribution < 1.29 is 19.2 Å². The monoisotopic (exact) mass is 284 g/mol. The Morgan fingerprint density at radius 3 is 2.70 bits per heavy atom. The van der Waals surface area contributed by atoms with Gasteiger partial charge in [0.1, 0.15) is 0 Å². The van der Waals surface area contributed by atoms with Gasteiger partial charge in [0.05, 0.1) is 6.54 Å². The lowest BCUT2D eigenvalue weighted by molar-refractivity contribution is -0.138. The number of hydrogen-bond acceptors (Lipinski definition) is 5. The minimum Gasteiger partial charge on any atom is -0.481 e. The van der Waals surface area contributed by atoms with Crippen molar-refractivity contribution in [3.63, 3.8) is 0 Å². The van der Waals surface area contributed by atoms with E-state index >= 15 is 0 Å². The standard InChI is InChI=1S/C12H20N4O4/c1-8(2)3-9(4-11(17)18)5-13-12(19)14-6-10-15-7-20-16-10/h7-9H,3-6H2,1-2H3,(H,17,18)(H2,13,14,19)/t9-/m0/s1. The average molecular weight is 284 g/mol. The van der Waals surface area contributed by atoms with E-state index in [-0.39, 0.29) is 24.9 Å². The van der Waals surface area contributed by atoms with E-state index in [4.69, 9.17) is 5.11 Å². The number of aliphatic carboxylic acids is 1. The van der Waals surface area contributed by atoms with E-state index in [0.29, 0.717) is 18.3 Å². The molecule has 8 heteroatoms. The summed E-state index contributed by atoms with van der Waals surface area (Å²) in [5.74, 6) is -0.180. The number of carboxylic acids is 1. The molecule has 0 radical (unpaired) electrons. The Labute approximate surface area is 116 Å². The summed E-state index contributed by atoms with van der Waals surface area (Å²) in [6.45, 7) is 4.52. The Morgan fingerprint density at radius 2 is 2.15 bits per heavy atom. The van der Waals surface area contributed by atoms with Crippen LogP contribution in [0.4, 0.5) is 4.79 Å². The molecule has 0 aliphatic rings. The summed E-state index contributed by atoms with van der Waals surface area (Å²) in [4.78, 5) is 26.1. The van der Waals surface area contributed by atoms with Gasteiger partial charge < -0.3 is 20.3 Å². The first-order valence-corrected chi connectivity index (χ1v) is 6.46. The predicted octanol–water partition coefficient (Wildman–Crippen LogP) is 1.01. The van der Waals surface area contributed by atoms with Crippen LogP contribution in [0.2, 0.25) is 0 Å². The number of carboxylic acid groups (broad SMARTS) is 1. The molecule has 0 saturated heterocycles. The number of amides is 2. The summed E-state index contributed by atoms with van der Waals surface area (Å²) in [6.07, 6.45) is 1.97. The van der Waals surface area contributed by atoms with Crippen molar-refractivity contribution in [3.05, 3.63) is 12.2 Å². The van der Waals surface area contributed by atoms with Crippen LogP contribution in [0.1, 0.15) is 32.5 Å². The predicted molar refractivity (Wildman–Crippen MR) is 69.7 cm³/mol. The highest BCUT2D eigenvalue weighted by atomic mass is 16.5. The van der Waals surface area contributed by atoms with Gasteiger partial charge >= 0.3 is 12.0 Å². The summed E-state index contributed by atoms with van der Waals surface area (Å²) in [5, 5.41) is 17.6. The van der Waals surface area contributed by atoms with Crippen molar-refractivity contribution in [2.24, 2.45) is 11.8 Å². The van der Waals surface area contributed by atoms with Crippen LogP contribution < -0.4 is 10.6 Å². The first-order valence-electron chi connectivity index (χ1n) is 6.46. The second-order valence-electron chi connectivity index (χ2n) is 5.00. The van der Waals surface area contributed by atoms with Crippen molar-refractivity contribution in [3.8, 4) is 0 Å².